The van der Waals surface area contributed by atoms with Crippen LogP contribution in [0.15, 0.2) is 21.9 Å². The summed E-state index contributed by atoms with van der Waals surface area (Å²) in [5.41, 5.74) is -0.957. The molecule has 0 spiro atoms. The molecular weight excluding hydrogens is 330 g/mol. The van der Waals surface area contributed by atoms with Crippen LogP contribution in [0.2, 0.25) is 0 Å². The van der Waals surface area contributed by atoms with Crippen molar-refractivity contribution in [3.8, 4) is 0 Å². The van der Waals surface area contributed by atoms with Crippen LogP contribution in [0.1, 0.15) is 20.1 Å². The topological polar surface area (TPSA) is 95.0 Å². The van der Waals surface area contributed by atoms with Crippen molar-refractivity contribution in [2.45, 2.75) is 44.2 Å². The first-order valence-electron chi connectivity index (χ1n) is 8.56. The van der Waals surface area contributed by atoms with Gasteiger partial charge in [0.05, 0.1) is 13.2 Å². The van der Waals surface area contributed by atoms with Gasteiger partial charge in [0.1, 0.15) is 18.3 Å². The summed E-state index contributed by atoms with van der Waals surface area (Å²) < 4.78 is 24.9. The number of rotatable bonds is 3. The van der Waals surface area contributed by atoms with Crippen LogP contribution in [0, 0.1) is 0 Å². The molecule has 0 bridgehead atoms. The van der Waals surface area contributed by atoms with E-state index in [1.54, 1.807) is 0 Å². The van der Waals surface area contributed by atoms with E-state index in [-0.39, 0.29) is 12.2 Å². The molecule has 4 atom stereocenters. The number of nitrogens with one attached hydrogen (secondary N) is 1. The predicted octanol–water partition coefficient (Wildman–Crippen LogP) is -0.714. The number of H-pyrrole nitrogens is 1. The standard InChI is InChI=1S/C16H23N3O6/c1-16(2)24-12-10(9-18-5-7-22-8-6-18)23-14(13(12)25-16)19-4-3-11(20)17-15(19)21/h3-4,10,12-14H,5-9H2,1-2H3,(H,17,20,21)/t10-,12-,13-,14-/m1/s1. The summed E-state index contributed by atoms with van der Waals surface area (Å²) in [6.45, 7) is 7.46. The van der Waals surface area contributed by atoms with Gasteiger partial charge in [0.2, 0.25) is 0 Å². The third kappa shape index (κ3) is 3.30. The number of morpholine rings is 1. The number of aromatic amines is 1. The molecule has 1 aromatic rings. The van der Waals surface area contributed by atoms with Crippen molar-refractivity contribution < 1.29 is 18.9 Å². The number of fused-ring (bicyclic) bond motifs is 1. The molecule has 9 heteroatoms. The van der Waals surface area contributed by atoms with Gasteiger partial charge in [0.25, 0.3) is 5.56 Å². The third-order valence-electron chi connectivity index (χ3n) is 4.79. The van der Waals surface area contributed by atoms with Crippen LogP contribution in [0.25, 0.3) is 0 Å². The number of hydrogen-bond donors (Lipinski definition) is 1. The van der Waals surface area contributed by atoms with Crippen LogP contribution in [0.5, 0.6) is 0 Å². The summed E-state index contributed by atoms with van der Waals surface area (Å²) in [6.07, 6.45) is -0.114. The van der Waals surface area contributed by atoms with Gasteiger partial charge in [-0.25, -0.2) is 4.79 Å². The second-order valence-corrected chi connectivity index (χ2v) is 7.06. The molecule has 0 aliphatic carbocycles. The minimum atomic E-state index is -0.744. The van der Waals surface area contributed by atoms with E-state index in [1.807, 2.05) is 13.8 Å². The summed E-state index contributed by atoms with van der Waals surface area (Å²) in [5, 5.41) is 0. The Bertz CT molecular complexity index is 738. The molecule has 4 heterocycles. The first-order chi connectivity index (χ1) is 11.9. The highest BCUT2D eigenvalue weighted by molar-refractivity contribution is 4.99. The Labute approximate surface area is 144 Å². The van der Waals surface area contributed by atoms with Gasteiger partial charge >= 0.3 is 5.69 Å². The van der Waals surface area contributed by atoms with Gasteiger partial charge in [-0.15, -0.1) is 0 Å². The lowest BCUT2D eigenvalue weighted by Gasteiger charge is -2.31. The molecule has 0 radical (unpaired) electrons. The van der Waals surface area contributed by atoms with Crippen molar-refractivity contribution in [3.63, 3.8) is 0 Å². The van der Waals surface area contributed by atoms with E-state index in [9.17, 15) is 9.59 Å². The van der Waals surface area contributed by atoms with Crippen LogP contribution < -0.4 is 11.2 Å². The fourth-order valence-electron chi connectivity index (χ4n) is 3.70. The van der Waals surface area contributed by atoms with Crippen LogP contribution >= 0.6 is 0 Å². The van der Waals surface area contributed by atoms with Crippen molar-refractivity contribution >= 4 is 0 Å². The van der Waals surface area contributed by atoms with Gasteiger partial charge in [-0.3, -0.25) is 19.2 Å². The normalized spacial score (nSPS) is 35.0. The molecule has 1 N–H and O–H groups in total. The van der Waals surface area contributed by atoms with Crippen LogP contribution in [-0.2, 0) is 18.9 Å². The summed E-state index contributed by atoms with van der Waals surface area (Å²) in [7, 11) is 0. The Morgan fingerprint density at radius 3 is 2.64 bits per heavy atom. The van der Waals surface area contributed by atoms with Gasteiger partial charge < -0.3 is 18.9 Å². The Balaban J connectivity index is 1.59. The summed E-state index contributed by atoms with van der Waals surface area (Å²) in [5.74, 6) is -0.744. The fraction of sp³-hybridized carbons (Fsp3) is 0.750. The molecule has 3 saturated heterocycles. The highest BCUT2D eigenvalue weighted by atomic mass is 16.8. The number of ether oxygens (including phenoxy) is 4. The molecule has 25 heavy (non-hydrogen) atoms. The van der Waals surface area contributed by atoms with E-state index >= 15 is 0 Å². The Morgan fingerprint density at radius 1 is 1.20 bits per heavy atom. The largest absolute Gasteiger partial charge is 0.379 e. The molecule has 0 amide bonds. The first-order valence-corrected chi connectivity index (χ1v) is 8.56. The lowest BCUT2D eigenvalue weighted by Crippen LogP contribution is -2.44. The third-order valence-corrected chi connectivity index (χ3v) is 4.79. The smallest absolute Gasteiger partial charge is 0.330 e. The molecule has 9 nitrogen and oxygen atoms in total. The van der Waals surface area contributed by atoms with E-state index < -0.39 is 29.4 Å². The minimum Gasteiger partial charge on any atom is -0.379 e. The highest BCUT2D eigenvalue weighted by Gasteiger charge is 2.56. The minimum absolute atomic E-state index is 0.228. The quantitative estimate of drug-likeness (QED) is 0.767. The van der Waals surface area contributed by atoms with Gasteiger partial charge in [-0.2, -0.15) is 0 Å². The monoisotopic (exact) mass is 353 g/mol. The van der Waals surface area contributed by atoms with E-state index in [2.05, 4.69) is 9.88 Å². The Hall–Kier alpha value is -1.52. The van der Waals surface area contributed by atoms with Crippen LogP contribution in [-0.4, -0.2) is 71.4 Å². The second-order valence-electron chi connectivity index (χ2n) is 7.06. The molecule has 4 rings (SSSR count). The molecule has 0 aromatic carbocycles. The summed E-state index contributed by atoms with van der Waals surface area (Å²) in [6, 6.07) is 1.30. The van der Waals surface area contributed by atoms with Gasteiger partial charge in [-0.1, -0.05) is 0 Å². The zero-order chi connectivity index (χ0) is 17.6. The van der Waals surface area contributed by atoms with E-state index in [1.165, 1.54) is 16.8 Å². The highest BCUT2D eigenvalue weighted by Crippen LogP contribution is 2.42. The number of aromatic nitrogens is 2. The zero-order valence-corrected chi connectivity index (χ0v) is 14.3. The van der Waals surface area contributed by atoms with Gasteiger partial charge in [-0.05, 0) is 13.8 Å². The molecular formula is C16H23N3O6. The first kappa shape index (κ1) is 16.9. The Morgan fingerprint density at radius 2 is 1.92 bits per heavy atom. The second kappa shape index (κ2) is 6.33. The Kier molecular flexibility index (Phi) is 4.28. The van der Waals surface area contributed by atoms with Crippen molar-refractivity contribution in [1.29, 1.82) is 0 Å². The van der Waals surface area contributed by atoms with Crippen LogP contribution in [0.4, 0.5) is 0 Å². The molecule has 0 unspecified atom stereocenters. The number of hydrogen-bond acceptors (Lipinski definition) is 7. The van der Waals surface area contributed by atoms with Crippen molar-refractivity contribution in [3.05, 3.63) is 33.1 Å². The number of nitrogens with zero attached hydrogens (tertiary/aromatic N) is 2. The van der Waals surface area contributed by atoms with E-state index in [0.717, 1.165) is 13.1 Å². The molecule has 0 saturated carbocycles. The lowest BCUT2D eigenvalue weighted by molar-refractivity contribution is -0.199. The zero-order valence-electron chi connectivity index (χ0n) is 14.3. The predicted molar refractivity (Wildman–Crippen MR) is 86.3 cm³/mol. The average Bonchev–Trinajstić information content (AvgIpc) is 3.03. The van der Waals surface area contributed by atoms with E-state index in [0.29, 0.717) is 19.8 Å². The maximum Gasteiger partial charge on any atom is 0.330 e. The van der Waals surface area contributed by atoms with E-state index in [4.69, 9.17) is 18.9 Å². The molecule has 3 fully saturated rings. The van der Waals surface area contributed by atoms with Crippen molar-refractivity contribution in [1.82, 2.24) is 14.5 Å². The van der Waals surface area contributed by atoms with Gasteiger partial charge in [0, 0.05) is 31.9 Å². The maximum atomic E-state index is 12.2. The average molecular weight is 353 g/mol. The van der Waals surface area contributed by atoms with Crippen molar-refractivity contribution in [2.24, 2.45) is 0 Å². The fourth-order valence-corrected chi connectivity index (χ4v) is 3.70. The lowest BCUT2D eigenvalue weighted by atomic mass is 10.1. The maximum absolute atomic E-state index is 12.2. The molecule has 3 aliphatic rings. The van der Waals surface area contributed by atoms with Gasteiger partial charge in [0.15, 0.2) is 12.0 Å². The molecule has 3 aliphatic heterocycles. The van der Waals surface area contributed by atoms with Crippen LogP contribution in [0.3, 0.4) is 0 Å². The molecule has 138 valence electrons. The summed E-state index contributed by atoms with van der Waals surface area (Å²) in [4.78, 5) is 28.0. The van der Waals surface area contributed by atoms with Crippen molar-refractivity contribution in [2.75, 3.05) is 32.8 Å². The SMILES string of the molecule is CC1(C)O[C@@H]2[C@H](O1)[C@@H](CN1CCOCC1)O[C@H]2n1ccc(=O)[nH]c1=O. The molecule has 1 aromatic heterocycles. The summed E-state index contributed by atoms with van der Waals surface area (Å²) >= 11 is 0.